The van der Waals surface area contributed by atoms with Gasteiger partial charge in [-0.3, -0.25) is 9.52 Å². The molecule has 1 unspecified atom stereocenters. The Balaban J connectivity index is 1.92. The van der Waals surface area contributed by atoms with E-state index in [2.05, 4.69) is 4.98 Å². The second kappa shape index (κ2) is 6.87. The summed E-state index contributed by atoms with van der Waals surface area (Å²) >= 11 is 0. The fraction of sp³-hybridized carbons (Fsp3) is 0.353. The van der Waals surface area contributed by atoms with Crippen LogP contribution in [0.3, 0.4) is 0 Å². The number of hydrogen-bond acceptors (Lipinski definition) is 3. The quantitative estimate of drug-likeness (QED) is 0.736. The molecule has 0 radical (unpaired) electrons. The summed E-state index contributed by atoms with van der Waals surface area (Å²) in [4.78, 5) is 14.1. The van der Waals surface area contributed by atoms with Crippen LogP contribution >= 0.6 is 0 Å². The summed E-state index contributed by atoms with van der Waals surface area (Å²) in [5, 5.41) is 0. The predicted octanol–water partition coefficient (Wildman–Crippen LogP) is 3.81. The maximum Gasteiger partial charge on any atom is 0.419 e. The molecular weight excluding hydrogens is 407 g/mol. The van der Waals surface area contributed by atoms with Crippen molar-refractivity contribution in [2.45, 2.75) is 37.3 Å². The Bertz CT molecular complexity index is 1040. The first-order valence-electron chi connectivity index (χ1n) is 8.18. The highest BCUT2D eigenvalue weighted by Crippen LogP contribution is 2.35. The van der Waals surface area contributed by atoms with Crippen LogP contribution in [0.5, 0.6) is 0 Å². The zero-order valence-corrected chi connectivity index (χ0v) is 15.3. The lowest BCUT2D eigenvalue weighted by molar-refractivity contribution is -0.140. The summed E-state index contributed by atoms with van der Waals surface area (Å²) in [5.74, 6) is -3.62. The number of halogens is 5. The minimum Gasteiger partial charge on any atom is -0.363 e. The van der Waals surface area contributed by atoms with Crippen LogP contribution in [0.4, 0.5) is 27.6 Å². The molecule has 152 valence electrons. The van der Waals surface area contributed by atoms with Gasteiger partial charge in [-0.1, -0.05) is 0 Å². The SMILES string of the molecule is CC(=O)C1CCc2c(S(=O)(=O)Nc3cc(F)c(C(F)(F)F)cc3F)c[nH]c2C1. The van der Waals surface area contributed by atoms with Crippen LogP contribution in [0.15, 0.2) is 23.2 Å². The van der Waals surface area contributed by atoms with Crippen molar-refractivity contribution in [2.24, 2.45) is 5.92 Å². The van der Waals surface area contributed by atoms with Gasteiger partial charge < -0.3 is 4.98 Å². The van der Waals surface area contributed by atoms with Crippen LogP contribution < -0.4 is 4.72 Å². The van der Waals surface area contributed by atoms with Crippen molar-refractivity contribution >= 4 is 21.5 Å². The maximum atomic E-state index is 14.0. The van der Waals surface area contributed by atoms with Crippen LogP contribution in [-0.4, -0.2) is 19.2 Å². The van der Waals surface area contributed by atoms with Crippen LogP contribution in [0.25, 0.3) is 0 Å². The summed E-state index contributed by atoms with van der Waals surface area (Å²) in [6, 6.07) is 0.0534. The molecule has 0 aliphatic heterocycles. The Hall–Kier alpha value is -2.43. The molecule has 1 heterocycles. The number of fused-ring (bicyclic) bond motifs is 1. The van der Waals surface area contributed by atoms with Gasteiger partial charge in [-0.15, -0.1) is 0 Å². The number of hydrogen-bond donors (Lipinski definition) is 2. The number of ketones is 1. The van der Waals surface area contributed by atoms with Gasteiger partial charge in [-0.05, 0) is 37.8 Å². The molecule has 0 saturated carbocycles. The number of carbonyl (C=O) groups is 1. The van der Waals surface area contributed by atoms with E-state index in [-0.39, 0.29) is 35.2 Å². The van der Waals surface area contributed by atoms with Crippen LogP contribution in [0.1, 0.15) is 30.2 Å². The van der Waals surface area contributed by atoms with Crippen LogP contribution in [-0.2, 0) is 33.8 Å². The molecule has 1 aromatic heterocycles. The second-order valence-electron chi connectivity index (χ2n) is 6.58. The predicted molar refractivity (Wildman–Crippen MR) is 89.2 cm³/mol. The smallest absolute Gasteiger partial charge is 0.363 e. The molecule has 1 aromatic carbocycles. The number of aromatic nitrogens is 1. The first-order valence-corrected chi connectivity index (χ1v) is 9.67. The number of Topliss-reactive ketones (excluding diaryl/α,β-unsaturated/α-hetero) is 1. The highest BCUT2D eigenvalue weighted by molar-refractivity contribution is 7.92. The van der Waals surface area contributed by atoms with Crippen molar-refractivity contribution in [2.75, 3.05) is 4.72 Å². The van der Waals surface area contributed by atoms with E-state index in [4.69, 9.17) is 0 Å². The lowest BCUT2D eigenvalue weighted by atomic mass is 9.86. The normalized spacial score (nSPS) is 17.3. The second-order valence-corrected chi connectivity index (χ2v) is 8.23. The van der Waals surface area contributed by atoms with E-state index in [1.165, 1.54) is 6.92 Å². The molecule has 0 fully saturated rings. The molecular formula is C17H15F5N2O3S. The Kier molecular flexibility index (Phi) is 4.98. The van der Waals surface area contributed by atoms with Gasteiger partial charge in [-0.2, -0.15) is 13.2 Å². The number of carbonyl (C=O) groups excluding carboxylic acids is 1. The van der Waals surface area contributed by atoms with Gasteiger partial charge >= 0.3 is 6.18 Å². The van der Waals surface area contributed by atoms with E-state index in [0.717, 1.165) is 6.20 Å². The third-order valence-corrected chi connectivity index (χ3v) is 6.14. The Morgan fingerprint density at radius 1 is 1.21 bits per heavy atom. The molecule has 5 nitrogen and oxygen atoms in total. The molecule has 0 saturated heterocycles. The number of rotatable bonds is 4. The van der Waals surface area contributed by atoms with Gasteiger partial charge in [0.1, 0.15) is 22.3 Å². The van der Waals surface area contributed by atoms with Gasteiger partial charge in [0.2, 0.25) is 0 Å². The third-order valence-electron chi connectivity index (χ3n) is 4.70. The van der Waals surface area contributed by atoms with E-state index in [0.29, 0.717) is 24.1 Å². The van der Waals surface area contributed by atoms with Crippen LogP contribution in [0, 0.1) is 17.6 Å². The topological polar surface area (TPSA) is 79.0 Å². The summed E-state index contributed by atoms with van der Waals surface area (Å²) in [7, 11) is -4.39. The molecule has 2 N–H and O–H groups in total. The number of H-pyrrole nitrogens is 1. The zero-order chi connectivity index (χ0) is 20.9. The van der Waals surface area contributed by atoms with Gasteiger partial charge in [0, 0.05) is 23.9 Å². The average molecular weight is 422 g/mol. The van der Waals surface area contributed by atoms with Gasteiger partial charge in [0.15, 0.2) is 0 Å². The van der Waals surface area contributed by atoms with Crippen molar-refractivity contribution < 1.29 is 35.2 Å². The maximum absolute atomic E-state index is 14.0. The fourth-order valence-corrected chi connectivity index (χ4v) is 4.55. The summed E-state index contributed by atoms with van der Waals surface area (Å²) in [6.07, 6.45) is -2.91. The molecule has 1 aliphatic rings. The summed E-state index contributed by atoms with van der Waals surface area (Å²) in [5.41, 5.74) is -1.80. The Morgan fingerprint density at radius 3 is 2.50 bits per heavy atom. The first-order chi connectivity index (χ1) is 12.9. The zero-order valence-electron chi connectivity index (χ0n) is 14.5. The number of benzene rings is 1. The largest absolute Gasteiger partial charge is 0.419 e. The lowest BCUT2D eigenvalue weighted by Crippen LogP contribution is -2.22. The molecule has 1 aliphatic carbocycles. The van der Waals surface area contributed by atoms with Crippen molar-refractivity contribution in [3.63, 3.8) is 0 Å². The molecule has 0 amide bonds. The number of alkyl halides is 3. The average Bonchev–Trinajstić information content (AvgIpc) is 3.00. The van der Waals surface area contributed by atoms with Crippen molar-refractivity contribution in [3.05, 3.63) is 46.8 Å². The number of aromatic amines is 1. The van der Waals surface area contributed by atoms with E-state index in [1.54, 1.807) is 4.72 Å². The molecule has 0 bridgehead atoms. The van der Waals surface area contributed by atoms with Gasteiger partial charge in [0.05, 0.1) is 11.3 Å². The van der Waals surface area contributed by atoms with E-state index >= 15 is 0 Å². The lowest BCUT2D eigenvalue weighted by Gasteiger charge is -2.20. The van der Waals surface area contributed by atoms with Crippen molar-refractivity contribution in [1.82, 2.24) is 4.98 Å². The minimum absolute atomic E-state index is 0.0231. The van der Waals surface area contributed by atoms with Crippen molar-refractivity contribution in [3.8, 4) is 0 Å². The van der Waals surface area contributed by atoms with E-state index in [9.17, 15) is 35.2 Å². The van der Waals surface area contributed by atoms with Gasteiger partial charge in [0.25, 0.3) is 10.0 Å². The van der Waals surface area contributed by atoms with Gasteiger partial charge in [-0.25, -0.2) is 17.2 Å². The molecule has 3 rings (SSSR count). The highest BCUT2D eigenvalue weighted by atomic mass is 32.2. The molecule has 2 aromatic rings. The molecule has 11 heteroatoms. The number of nitrogens with one attached hydrogen (secondary N) is 2. The number of sulfonamides is 1. The fourth-order valence-electron chi connectivity index (χ4n) is 3.23. The number of anilines is 1. The first kappa shape index (κ1) is 20.3. The molecule has 1 atom stereocenters. The Labute approximate surface area is 157 Å². The standard InChI is InChI=1S/C17H15F5N2O3S/c1-8(25)9-2-3-10-14(4-9)23-7-16(10)28(26,27)24-15-6-12(18)11(5-13(15)19)17(20,21)22/h5-7,9,23-24H,2-4H2,1H3. The summed E-state index contributed by atoms with van der Waals surface area (Å²) in [6.45, 7) is 1.44. The molecule has 0 spiro atoms. The Morgan fingerprint density at radius 2 is 1.89 bits per heavy atom. The molecule has 28 heavy (non-hydrogen) atoms. The van der Waals surface area contributed by atoms with E-state index in [1.807, 2.05) is 0 Å². The van der Waals surface area contributed by atoms with E-state index < -0.39 is 39.1 Å². The minimum atomic E-state index is -5.12. The van der Waals surface area contributed by atoms with Crippen molar-refractivity contribution in [1.29, 1.82) is 0 Å². The highest BCUT2D eigenvalue weighted by Gasteiger charge is 2.36. The van der Waals surface area contributed by atoms with Crippen LogP contribution in [0.2, 0.25) is 0 Å². The third kappa shape index (κ3) is 3.75. The monoisotopic (exact) mass is 422 g/mol. The summed E-state index contributed by atoms with van der Waals surface area (Å²) < 4.78 is 92.5.